The van der Waals surface area contributed by atoms with Crippen LogP contribution in [0.5, 0.6) is 0 Å². The predicted octanol–water partition coefficient (Wildman–Crippen LogP) is 14.3. The summed E-state index contributed by atoms with van der Waals surface area (Å²) in [6.07, 6.45) is 39.6. The third kappa shape index (κ3) is 39.6. The zero-order chi connectivity index (χ0) is 38.2. The maximum absolute atomic E-state index is 12.6. The van der Waals surface area contributed by atoms with Crippen LogP contribution in [0.1, 0.15) is 252 Å². The van der Waals surface area contributed by atoms with Gasteiger partial charge >= 0.3 is 17.9 Å². The molecule has 0 aromatic carbocycles. The van der Waals surface area contributed by atoms with E-state index in [1.54, 1.807) is 0 Å². The van der Waals surface area contributed by atoms with Gasteiger partial charge in [0.2, 0.25) is 0 Å². The van der Waals surface area contributed by atoms with Gasteiger partial charge in [-0.25, -0.2) is 0 Å². The highest BCUT2D eigenvalue weighted by Crippen LogP contribution is 2.16. The van der Waals surface area contributed by atoms with E-state index in [1.807, 2.05) is 0 Å². The summed E-state index contributed by atoms with van der Waals surface area (Å²) in [6, 6.07) is 0. The van der Waals surface area contributed by atoms with Crippen molar-refractivity contribution in [3.63, 3.8) is 0 Å². The molecule has 0 unspecified atom stereocenters. The first-order valence-electron chi connectivity index (χ1n) is 22.9. The number of carbonyl (C=O) groups is 3. The average Bonchev–Trinajstić information content (AvgIpc) is 3.12. The number of carbonyl (C=O) groups excluding carboxylic acids is 3. The molecule has 308 valence electrons. The quantitative estimate of drug-likeness (QED) is 0.0353. The lowest BCUT2D eigenvalue weighted by Gasteiger charge is -2.18. The van der Waals surface area contributed by atoms with E-state index in [9.17, 15) is 14.4 Å². The summed E-state index contributed by atoms with van der Waals surface area (Å²) in [5, 5.41) is 0. The van der Waals surface area contributed by atoms with Gasteiger partial charge in [-0.05, 0) is 25.2 Å². The van der Waals surface area contributed by atoms with Crippen molar-refractivity contribution in [2.75, 3.05) is 13.2 Å². The second-order valence-corrected chi connectivity index (χ2v) is 16.2. The maximum Gasteiger partial charge on any atom is 0.306 e. The van der Waals surface area contributed by atoms with Crippen molar-refractivity contribution in [1.29, 1.82) is 0 Å². The van der Waals surface area contributed by atoms with Crippen LogP contribution < -0.4 is 0 Å². The SMILES string of the molecule is CCCCCCCCCCCCC(=O)OC[C@@H](COC(=O)CCCCCCCCCCCCCCCCC(C)C)OC(=O)CCCCCCCCC. The second-order valence-electron chi connectivity index (χ2n) is 16.2. The van der Waals surface area contributed by atoms with E-state index in [1.165, 1.54) is 148 Å². The van der Waals surface area contributed by atoms with Gasteiger partial charge in [0.05, 0.1) is 0 Å². The van der Waals surface area contributed by atoms with Crippen LogP contribution in [-0.4, -0.2) is 37.2 Å². The Labute approximate surface area is 323 Å². The Morgan fingerprint density at radius 1 is 0.365 bits per heavy atom. The van der Waals surface area contributed by atoms with E-state index in [0.717, 1.165) is 63.7 Å². The highest BCUT2D eigenvalue weighted by molar-refractivity contribution is 5.71. The van der Waals surface area contributed by atoms with Gasteiger partial charge in [0, 0.05) is 19.3 Å². The fraction of sp³-hybridized carbons (Fsp3) is 0.935. The van der Waals surface area contributed by atoms with Gasteiger partial charge in [0.15, 0.2) is 6.10 Å². The Kier molecular flexibility index (Phi) is 39.4. The normalized spacial score (nSPS) is 11.9. The lowest BCUT2D eigenvalue weighted by Crippen LogP contribution is -2.30. The zero-order valence-electron chi connectivity index (χ0n) is 35.3. The molecule has 0 aliphatic carbocycles. The molecule has 1 atom stereocenters. The smallest absolute Gasteiger partial charge is 0.306 e. The highest BCUT2D eigenvalue weighted by Gasteiger charge is 2.19. The number of hydrogen-bond donors (Lipinski definition) is 0. The minimum atomic E-state index is -0.757. The van der Waals surface area contributed by atoms with E-state index in [4.69, 9.17) is 14.2 Å². The third-order valence-electron chi connectivity index (χ3n) is 10.3. The lowest BCUT2D eigenvalue weighted by molar-refractivity contribution is -0.167. The van der Waals surface area contributed by atoms with Gasteiger partial charge in [0.1, 0.15) is 13.2 Å². The molecule has 0 radical (unpaired) electrons. The molecule has 0 aromatic heterocycles. The highest BCUT2D eigenvalue weighted by atomic mass is 16.6. The third-order valence-corrected chi connectivity index (χ3v) is 10.3. The Morgan fingerprint density at radius 3 is 0.942 bits per heavy atom. The first-order valence-corrected chi connectivity index (χ1v) is 22.9. The molecule has 0 saturated heterocycles. The molecule has 0 rings (SSSR count). The van der Waals surface area contributed by atoms with Crippen LogP contribution in [0.3, 0.4) is 0 Å². The topological polar surface area (TPSA) is 78.9 Å². The minimum absolute atomic E-state index is 0.0642. The Balaban J connectivity index is 4.18. The van der Waals surface area contributed by atoms with Gasteiger partial charge in [-0.1, -0.05) is 214 Å². The van der Waals surface area contributed by atoms with Crippen molar-refractivity contribution in [3.05, 3.63) is 0 Å². The Hall–Kier alpha value is -1.59. The van der Waals surface area contributed by atoms with Gasteiger partial charge in [-0.15, -0.1) is 0 Å². The fourth-order valence-corrected chi connectivity index (χ4v) is 6.80. The summed E-state index contributed by atoms with van der Waals surface area (Å²) >= 11 is 0. The van der Waals surface area contributed by atoms with E-state index in [0.29, 0.717) is 19.3 Å². The van der Waals surface area contributed by atoms with Crippen molar-refractivity contribution in [3.8, 4) is 0 Å². The number of hydrogen-bond acceptors (Lipinski definition) is 6. The van der Waals surface area contributed by atoms with Gasteiger partial charge < -0.3 is 14.2 Å². The largest absolute Gasteiger partial charge is 0.462 e. The summed E-state index contributed by atoms with van der Waals surface area (Å²) in [6.45, 7) is 8.96. The van der Waals surface area contributed by atoms with Crippen LogP contribution in [0.25, 0.3) is 0 Å². The summed E-state index contributed by atoms with van der Waals surface area (Å²) in [5.41, 5.74) is 0. The molecule has 0 N–H and O–H groups in total. The van der Waals surface area contributed by atoms with Crippen molar-refractivity contribution in [2.24, 2.45) is 5.92 Å². The molecule has 0 aromatic rings. The minimum Gasteiger partial charge on any atom is -0.462 e. The van der Waals surface area contributed by atoms with E-state index < -0.39 is 6.10 Å². The number of unbranched alkanes of at least 4 members (excludes halogenated alkanes) is 28. The molecular formula is C46H88O6. The van der Waals surface area contributed by atoms with Gasteiger partial charge in [-0.3, -0.25) is 14.4 Å². The molecule has 0 heterocycles. The van der Waals surface area contributed by atoms with Gasteiger partial charge in [0.25, 0.3) is 0 Å². The molecule has 6 nitrogen and oxygen atoms in total. The summed E-state index contributed by atoms with van der Waals surface area (Å²) in [5.74, 6) is -0.0168. The van der Waals surface area contributed by atoms with Crippen molar-refractivity contribution >= 4 is 17.9 Å². The molecule has 6 heteroatoms. The Bertz CT molecular complexity index is 781. The summed E-state index contributed by atoms with van der Waals surface area (Å²) < 4.78 is 16.6. The molecule has 0 aliphatic rings. The van der Waals surface area contributed by atoms with Crippen LogP contribution in [-0.2, 0) is 28.6 Å². The van der Waals surface area contributed by atoms with Crippen LogP contribution in [0.4, 0.5) is 0 Å². The molecular weight excluding hydrogens is 649 g/mol. The van der Waals surface area contributed by atoms with Crippen LogP contribution >= 0.6 is 0 Å². The zero-order valence-corrected chi connectivity index (χ0v) is 35.3. The molecule has 52 heavy (non-hydrogen) atoms. The second kappa shape index (κ2) is 40.6. The average molecular weight is 737 g/mol. The molecule has 0 aliphatic heterocycles. The van der Waals surface area contributed by atoms with Crippen molar-refractivity contribution in [1.82, 2.24) is 0 Å². The van der Waals surface area contributed by atoms with E-state index in [2.05, 4.69) is 27.7 Å². The summed E-state index contributed by atoms with van der Waals surface area (Å²) in [7, 11) is 0. The summed E-state index contributed by atoms with van der Waals surface area (Å²) in [4.78, 5) is 37.5. The van der Waals surface area contributed by atoms with Crippen molar-refractivity contribution in [2.45, 2.75) is 259 Å². The number of rotatable bonds is 41. The monoisotopic (exact) mass is 737 g/mol. The Morgan fingerprint density at radius 2 is 0.635 bits per heavy atom. The first kappa shape index (κ1) is 50.4. The molecule has 0 amide bonds. The molecule has 0 fully saturated rings. The van der Waals surface area contributed by atoms with Crippen LogP contribution in [0.2, 0.25) is 0 Å². The van der Waals surface area contributed by atoms with Crippen LogP contribution in [0, 0.1) is 5.92 Å². The predicted molar refractivity (Wildman–Crippen MR) is 220 cm³/mol. The molecule has 0 saturated carbocycles. The number of esters is 3. The standard InChI is InChI=1S/C46H88O6/c1-5-7-9-11-13-14-22-26-29-33-37-44(47)50-40-43(52-46(49)39-35-31-24-12-10-8-6-2)41-51-45(48)38-34-30-27-23-20-18-16-15-17-19-21-25-28-32-36-42(3)4/h42-43H,5-41H2,1-4H3/t43-/m0/s1. The molecule has 0 bridgehead atoms. The van der Waals surface area contributed by atoms with E-state index >= 15 is 0 Å². The maximum atomic E-state index is 12.6. The first-order chi connectivity index (χ1) is 25.4. The number of ether oxygens (including phenoxy) is 3. The molecule has 0 spiro atoms. The van der Waals surface area contributed by atoms with Crippen LogP contribution in [0.15, 0.2) is 0 Å². The van der Waals surface area contributed by atoms with Crippen molar-refractivity contribution < 1.29 is 28.6 Å². The lowest BCUT2D eigenvalue weighted by atomic mass is 10.0. The fourth-order valence-electron chi connectivity index (χ4n) is 6.80. The van der Waals surface area contributed by atoms with Gasteiger partial charge in [-0.2, -0.15) is 0 Å². The van der Waals surface area contributed by atoms with E-state index in [-0.39, 0.29) is 31.1 Å².